The number of carbonyl (C=O) groups excluding carboxylic acids is 1. The summed E-state index contributed by atoms with van der Waals surface area (Å²) >= 11 is 0. The number of nitrogens with zero attached hydrogens (tertiary/aromatic N) is 3. The number of pyridine rings is 1. The number of hydrogen-bond acceptors (Lipinski definition) is 6. The number of methoxy groups -OCH3 is 2. The number of para-hydroxylation sites is 1. The highest BCUT2D eigenvalue weighted by Gasteiger charge is 2.43. The van der Waals surface area contributed by atoms with Gasteiger partial charge >= 0.3 is 0 Å². The van der Waals surface area contributed by atoms with Crippen molar-refractivity contribution in [3.05, 3.63) is 53.9 Å². The molecule has 1 fully saturated rings. The van der Waals surface area contributed by atoms with Gasteiger partial charge in [0.2, 0.25) is 0 Å². The van der Waals surface area contributed by atoms with Crippen LogP contribution in [0.15, 0.2) is 42.6 Å². The Balaban J connectivity index is 1.71. The molecule has 29 heavy (non-hydrogen) atoms. The fourth-order valence-corrected chi connectivity index (χ4v) is 3.92. The van der Waals surface area contributed by atoms with Crippen LogP contribution in [0.1, 0.15) is 24.1 Å². The first kappa shape index (κ1) is 21.1. The van der Waals surface area contributed by atoms with Crippen LogP contribution in [0.3, 0.4) is 0 Å². The maximum Gasteiger partial charge on any atom is 0.256 e. The van der Waals surface area contributed by atoms with E-state index in [-0.39, 0.29) is 12.5 Å². The smallest absolute Gasteiger partial charge is 0.256 e. The maximum absolute atomic E-state index is 13.2. The van der Waals surface area contributed by atoms with Crippen molar-refractivity contribution in [1.82, 2.24) is 14.8 Å². The normalized spacial score (nSPS) is 19.5. The van der Waals surface area contributed by atoms with Crippen LogP contribution in [0.5, 0.6) is 11.5 Å². The Morgan fingerprint density at radius 2 is 2.03 bits per heavy atom. The molecule has 2 aromatic rings. The summed E-state index contributed by atoms with van der Waals surface area (Å²) in [5, 5.41) is 11.2. The van der Waals surface area contributed by atoms with Gasteiger partial charge in [-0.1, -0.05) is 18.2 Å². The fraction of sp³-hybridized carbons (Fsp3) is 0.455. The van der Waals surface area contributed by atoms with Crippen molar-refractivity contribution in [1.29, 1.82) is 0 Å². The van der Waals surface area contributed by atoms with E-state index in [2.05, 4.69) is 4.98 Å². The second kappa shape index (κ2) is 9.24. The zero-order valence-electron chi connectivity index (χ0n) is 17.3. The molecule has 1 saturated heterocycles. The van der Waals surface area contributed by atoms with Gasteiger partial charge in [0.25, 0.3) is 5.91 Å². The summed E-state index contributed by atoms with van der Waals surface area (Å²) in [6, 6.07) is 11.3. The molecule has 1 atom stereocenters. The van der Waals surface area contributed by atoms with Crippen molar-refractivity contribution < 1.29 is 19.4 Å². The maximum atomic E-state index is 13.2. The fourth-order valence-electron chi connectivity index (χ4n) is 3.92. The highest BCUT2D eigenvalue weighted by atomic mass is 16.5. The topological polar surface area (TPSA) is 75.1 Å². The van der Waals surface area contributed by atoms with Gasteiger partial charge in [0.15, 0.2) is 17.1 Å². The molecule has 0 aliphatic carbocycles. The van der Waals surface area contributed by atoms with E-state index in [0.717, 1.165) is 17.7 Å². The van der Waals surface area contributed by atoms with Gasteiger partial charge < -0.3 is 19.5 Å². The van der Waals surface area contributed by atoms with Gasteiger partial charge in [0.05, 0.1) is 19.9 Å². The van der Waals surface area contributed by atoms with Crippen LogP contribution in [0, 0.1) is 0 Å². The van der Waals surface area contributed by atoms with E-state index in [0.29, 0.717) is 37.6 Å². The number of likely N-dealkylation sites (tertiary alicyclic amines) is 1. The summed E-state index contributed by atoms with van der Waals surface area (Å²) in [4.78, 5) is 21.1. The van der Waals surface area contributed by atoms with Crippen molar-refractivity contribution in [3.63, 3.8) is 0 Å². The lowest BCUT2D eigenvalue weighted by Crippen LogP contribution is -2.57. The van der Waals surface area contributed by atoms with Crippen LogP contribution in [-0.2, 0) is 17.9 Å². The average Bonchev–Trinajstić information content (AvgIpc) is 2.72. The molecule has 1 amide bonds. The quantitative estimate of drug-likeness (QED) is 0.733. The van der Waals surface area contributed by atoms with E-state index in [9.17, 15) is 9.90 Å². The molecule has 0 spiro atoms. The van der Waals surface area contributed by atoms with Crippen molar-refractivity contribution >= 4 is 5.91 Å². The second-order valence-electron chi connectivity index (χ2n) is 7.51. The van der Waals surface area contributed by atoms with Gasteiger partial charge in [-0.25, -0.2) is 0 Å². The summed E-state index contributed by atoms with van der Waals surface area (Å²) < 4.78 is 10.8. The molecular weight excluding hydrogens is 370 g/mol. The molecule has 0 saturated carbocycles. The van der Waals surface area contributed by atoms with E-state index >= 15 is 0 Å². The third kappa shape index (κ3) is 4.86. The Bertz CT molecular complexity index is 830. The molecule has 156 valence electrons. The van der Waals surface area contributed by atoms with Crippen LogP contribution in [0.2, 0.25) is 0 Å². The summed E-state index contributed by atoms with van der Waals surface area (Å²) in [5.41, 5.74) is 0.347. The minimum absolute atomic E-state index is 0.249. The first-order valence-corrected chi connectivity index (χ1v) is 9.77. The standard InChI is InChI=1S/C22H29N3O4/c1-24(15-18-9-4-5-12-23-18)16-22(27)11-7-13-25(21(22)26)14-17-8-6-10-19(28-2)20(17)29-3/h4-6,8-10,12,27H,7,11,13-16H2,1-3H3/t22-/m0/s1. The molecule has 0 bridgehead atoms. The van der Waals surface area contributed by atoms with Crippen LogP contribution >= 0.6 is 0 Å². The molecule has 1 aromatic heterocycles. The lowest BCUT2D eigenvalue weighted by Gasteiger charge is -2.40. The van der Waals surface area contributed by atoms with Crippen molar-refractivity contribution in [2.24, 2.45) is 0 Å². The molecule has 1 N–H and O–H groups in total. The third-order valence-electron chi connectivity index (χ3n) is 5.24. The largest absolute Gasteiger partial charge is 0.493 e. The Hall–Kier alpha value is -2.64. The predicted octanol–water partition coefficient (Wildman–Crippen LogP) is 2.08. The Labute approximate surface area is 171 Å². The third-order valence-corrected chi connectivity index (χ3v) is 5.24. The van der Waals surface area contributed by atoms with Gasteiger partial charge in [0, 0.05) is 37.9 Å². The lowest BCUT2D eigenvalue weighted by atomic mass is 9.90. The highest BCUT2D eigenvalue weighted by Crippen LogP contribution is 2.33. The number of carbonyl (C=O) groups is 1. The number of amides is 1. The van der Waals surface area contributed by atoms with Gasteiger partial charge in [0.1, 0.15) is 0 Å². The number of benzene rings is 1. The summed E-state index contributed by atoms with van der Waals surface area (Å²) in [6.07, 6.45) is 2.93. The summed E-state index contributed by atoms with van der Waals surface area (Å²) in [7, 11) is 5.07. The molecule has 1 aromatic carbocycles. The number of aliphatic hydroxyl groups is 1. The molecule has 0 unspecified atom stereocenters. The second-order valence-corrected chi connectivity index (χ2v) is 7.51. The molecule has 7 heteroatoms. The molecule has 2 heterocycles. The molecule has 0 radical (unpaired) electrons. The lowest BCUT2D eigenvalue weighted by molar-refractivity contribution is -0.160. The van der Waals surface area contributed by atoms with Crippen LogP contribution in [0.4, 0.5) is 0 Å². The van der Waals surface area contributed by atoms with Crippen LogP contribution < -0.4 is 9.47 Å². The predicted molar refractivity (Wildman–Crippen MR) is 110 cm³/mol. The molecule has 1 aliphatic heterocycles. The monoisotopic (exact) mass is 399 g/mol. The minimum atomic E-state index is -1.41. The first-order chi connectivity index (χ1) is 14.0. The molecule has 3 rings (SSSR count). The van der Waals surface area contributed by atoms with E-state index in [1.165, 1.54) is 0 Å². The van der Waals surface area contributed by atoms with Crippen LogP contribution in [-0.4, -0.2) is 65.8 Å². The number of piperidine rings is 1. The van der Waals surface area contributed by atoms with Gasteiger partial charge in [-0.15, -0.1) is 0 Å². The van der Waals surface area contributed by atoms with Crippen molar-refractivity contribution in [2.75, 3.05) is 34.4 Å². The SMILES string of the molecule is COc1cccc(CN2CCC[C@](O)(CN(C)Cc3ccccn3)C2=O)c1OC. The van der Waals surface area contributed by atoms with E-state index in [1.54, 1.807) is 25.3 Å². The summed E-state index contributed by atoms with van der Waals surface area (Å²) in [5.74, 6) is 0.991. The van der Waals surface area contributed by atoms with Crippen molar-refractivity contribution in [3.8, 4) is 11.5 Å². The van der Waals surface area contributed by atoms with Crippen LogP contribution in [0.25, 0.3) is 0 Å². The minimum Gasteiger partial charge on any atom is -0.493 e. The Morgan fingerprint density at radius 3 is 2.72 bits per heavy atom. The number of ether oxygens (including phenoxy) is 2. The van der Waals surface area contributed by atoms with Gasteiger partial charge in [-0.05, 0) is 38.1 Å². The summed E-state index contributed by atoms with van der Waals surface area (Å²) in [6.45, 7) is 1.80. The van der Waals surface area contributed by atoms with E-state index in [4.69, 9.17) is 9.47 Å². The number of likely N-dealkylation sites (N-methyl/N-ethyl adjacent to an activating group) is 1. The van der Waals surface area contributed by atoms with Gasteiger partial charge in [-0.2, -0.15) is 0 Å². The zero-order chi connectivity index (χ0) is 20.9. The van der Waals surface area contributed by atoms with E-state index < -0.39 is 5.60 Å². The van der Waals surface area contributed by atoms with Crippen molar-refractivity contribution in [2.45, 2.75) is 31.5 Å². The number of hydrogen-bond donors (Lipinski definition) is 1. The first-order valence-electron chi connectivity index (χ1n) is 9.77. The zero-order valence-corrected chi connectivity index (χ0v) is 17.3. The van der Waals surface area contributed by atoms with E-state index in [1.807, 2.05) is 48.3 Å². The average molecular weight is 399 g/mol. The number of aromatic nitrogens is 1. The Morgan fingerprint density at radius 1 is 1.21 bits per heavy atom. The molecular formula is C22H29N3O4. The molecule has 1 aliphatic rings. The highest BCUT2D eigenvalue weighted by molar-refractivity contribution is 5.86. The van der Waals surface area contributed by atoms with Gasteiger partial charge in [-0.3, -0.25) is 14.7 Å². The Kier molecular flexibility index (Phi) is 6.71. The molecule has 7 nitrogen and oxygen atoms in total. The number of rotatable bonds is 8.